The van der Waals surface area contributed by atoms with Crippen LogP contribution >= 0.6 is 0 Å². The van der Waals surface area contributed by atoms with E-state index in [1.165, 1.54) is 0 Å². The van der Waals surface area contributed by atoms with Gasteiger partial charge >= 0.3 is 0 Å². The van der Waals surface area contributed by atoms with E-state index in [9.17, 15) is 8.42 Å². The Morgan fingerprint density at radius 2 is 1.84 bits per heavy atom. The summed E-state index contributed by atoms with van der Waals surface area (Å²) in [5.74, 6) is 0.154. The third kappa shape index (κ3) is 6.70. The lowest BCUT2D eigenvalue weighted by molar-refractivity contribution is 0.143. The van der Waals surface area contributed by atoms with Crippen molar-refractivity contribution in [3.8, 4) is 0 Å². The number of likely N-dealkylation sites (tertiary alicyclic amines) is 1. The molecule has 114 valence electrons. The van der Waals surface area contributed by atoms with Gasteiger partial charge in [0.1, 0.15) is 0 Å². The minimum Gasteiger partial charge on any atom is -0.313 e. The first-order valence-corrected chi connectivity index (χ1v) is 8.77. The lowest BCUT2D eigenvalue weighted by Gasteiger charge is -2.37. The predicted octanol–water partition coefficient (Wildman–Crippen LogP) is 0.636. The number of hydrogen-bond donors (Lipinski definition) is 2. The smallest absolute Gasteiger partial charge is 0.212 e. The number of hydrogen-bond acceptors (Lipinski definition) is 4. The van der Waals surface area contributed by atoms with Crippen molar-refractivity contribution in [2.75, 3.05) is 39.0 Å². The first-order chi connectivity index (χ1) is 8.72. The fraction of sp³-hybridized carbons (Fsp3) is 1.00. The lowest BCUT2D eigenvalue weighted by atomic mass is 9.81. The van der Waals surface area contributed by atoms with E-state index >= 15 is 0 Å². The van der Waals surface area contributed by atoms with Gasteiger partial charge in [0, 0.05) is 19.1 Å². The topological polar surface area (TPSA) is 61.4 Å². The Hall–Kier alpha value is -0.170. The first kappa shape index (κ1) is 16.9. The maximum absolute atomic E-state index is 11.9. The molecule has 0 amide bonds. The number of sulfonamides is 1. The van der Waals surface area contributed by atoms with Crippen LogP contribution in [0.3, 0.4) is 0 Å². The molecule has 1 heterocycles. The Morgan fingerprint density at radius 1 is 1.26 bits per heavy atom. The highest BCUT2D eigenvalue weighted by Crippen LogP contribution is 2.29. The number of nitrogens with one attached hydrogen (secondary N) is 2. The van der Waals surface area contributed by atoms with E-state index < -0.39 is 10.0 Å². The van der Waals surface area contributed by atoms with Gasteiger partial charge in [0.05, 0.1) is 5.75 Å². The van der Waals surface area contributed by atoms with E-state index in [2.05, 4.69) is 28.9 Å². The van der Waals surface area contributed by atoms with Gasteiger partial charge in [-0.1, -0.05) is 20.8 Å². The van der Waals surface area contributed by atoms with Crippen LogP contribution in [0.2, 0.25) is 0 Å². The van der Waals surface area contributed by atoms with Crippen LogP contribution in [0.5, 0.6) is 0 Å². The van der Waals surface area contributed by atoms with Crippen LogP contribution in [0.25, 0.3) is 0 Å². The van der Waals surface area contributed by atoms with Crippen molar-refractivity contribution in [3.05, 3.63) is 0 Å². The van der Waals surface area contributed by atoms with Crippen molar-refractivity contribution in [1.82, 2.24) is 14.9 Å². The molecule has 0 saturated carbocycles. The molecule has 19 heavy (non-hydrogen) atoms. The van der Waals surface area contributed by atoms with Crippen LogP contribution in [0.4, 0.5) is 0 Å². The second-order valence-corrected chi connectivity index (χ2v) is 8.29. The lowest BCUT2D eigenvalue weighted by Crippen LogP contribution is -2.44. The molecular formula is C13H29N3O2S. The largest absolute Gasteiger partial charge is 0.313 e. The second kappa shape index (κ2) is 7.02. The molecule has 0 aromatic heterocycles. The van der Waals surface area contributed by atoms with Crippen molar-refractivity contribution in [2.24, 2.45) is 5.41 Å². The molecule has 2 N–H and O–H groups in total. The summed E-state index contributed by atoms with van der Waals surface area (Å²) in [6.07, 6.45) is 2.10. The zero-order valence-electron chi connectivity index (χ0n) is 12.7. The van der Waals surface area contributed by atoms with E-state index in [0.29, 0.717) is 19.1 Å². The summed E-state index contributed by atoms with van der Waals surface area (Å²) in [6, 6.07) is 0.321. The molecular weight excluding hydrogens is 262 g/mol. The maximum atomic E-state index is 11.9. The van der Waals surface area contributed by atoms with Crippen LogP contribution in [0, 0.1) is 5.41 Å². The van der Waals surface area contributed by atoms with Crippen molar-refractivity contribution in [1.29, 1.82) is 0 Å². The molecule has 1 rings (SSSR count). The quantitative estimate of drug-likeness (QED) is 0.722. The van der Waals surface area contributed by atoms with E-state index in [1.54, 1.807) is 0 Å². The fourth-order valence-electron chi connectivity index (χ4n) is 2.17. The predicted molar refractivity (Wildman–Crippen MR) is 79.8 cm³/mol. The van der Waals surface area contributed by atoms with Gasteiger partial charge < -0.3 is 10.2 Å². The summed E-state index contributed by atoms with van der Waals surface area (Å²) in [6.45, 7) is 9.37. The van der Waals surface area contributed by atoms with Gasteiger partial charge in [-0.2, -0.15) is 0 Å². The Morgan fingerprint density at radius 3 is 2.37 bits per heavy atom. The average Bonchev–Trinajstić information content (AvgIpc) is 2.31. The van der Waals surface area contributed by atoms with E-state index in [0.717, 1.165) is 25.9 Å². The Kier molecular flexibility index (Phi) is 6.23. The summed E-state index contributed by atoms with van der Waals surface area (Å²) in [7, 11) is -1.04. The molecule has 1 fully saturated rings. The summed E-state index contributed by atoms with van der Waals surface area (Å²) in [5, 5.41) is 3.13. The van der Waals surface area contributed by atoms with Crippen molar-refractivity contribution in [2.45, 2.75) is 39.7 Å². The molecule has 0 radical (unpaired) electrons. The molecule has 1 aliphatic heterocycles. The molecule has 1 aliphatic rings. The van der Waals surface area contributed by atoms with Crippen LogP contribution in [0.15, 0.2) is 0 Å². The van der Waals surface area contributed by atoms with Crippen molar-refractivity contribution in [3.63, 3.8) is 0 Å². The molecule has 1 saturated heterocycles. The van der Waals surface area contributed by atoms with Gasteiger partial charge in [-0.15, -0.1) is 0 Å². The Balaban J connectivity index is 2.34. The standard InChI is InChI=1S/C13H29N3O2S/c1-12(2)14-7-10-19(17,18)15-11-13(3)5-8-16(4)9-6-13/h12,14-15H,5-11H2,1-4H3. The number of nitrogens with zero attached hydrogens (tertiary/aromatic N) is 1. The summed E-state index contributed by atoms with van der Waals surface area (Å²) >= 11 is 0. The molecule has 6 heteroatoms. The SMILES string of the molecule is CC(C)NCCS(=O)(=O)NCC1(C)CCN(C)CC1. The van der Waals surface area contributed by atoms with Gasteiger partial charge in [-0.25, -0.2) is 13.1 Å². The number of rotatable bonds is 7. The third-order valence-electron chi connectivity index (χ3n) is 3.84. The molecule has 0 unspecified atom stereocenters. The second-order valence-electron chi connectivity index (χ2n) is 6.36. The van der Waals surface area contributed by atoms with Gasteiger partial charge in [0.25, 0.3) is 0 Å². The zero-order valence-corrected chi connectivity index (χ0v) is 13.5. The normalized spacial score (nSPS) is 20.9. The molecule has 0 bridgehead atoms. The zero-order chi connectivity index (χ0) is 14.5. The number of piperidine rings is 1. The fourth-order valence-corrected chi connectivity index (χ4v) is 3.27. The average molecular weight is 291 g/mol. The van der Waals surface area contributed by atoms with Gasteiger partial charge in [0.2, 0.25) is 10.0 Å². The Bertz CT molecular complexity index is 360. The third-order valence-corrected chi connectivity index (χ3v) is 5.16. The molecule has 0 atom stereocenters. The molecule has 0 aliphatic carbocycles. The van der Waals surface area contributed by atoms with Crippen molar-refractivity contribution >= 4 is 10.0 Å². The van der Waals surface area contributed by atoms with E-state index in [1.807, 2.05) is 13.8 Å². The summed E-state index contributed by atoms with van der Waals surface area (Å²) in [5.41, 5.74) is 0.102. The summed E-state index contributed by atoms with van der Waals surface area (Å²) < 4.78 is 26.6. The Labute approximate surface area is 118 Å². The highest BCUT2D eigenvalue weighted by molar-refractivity contribution is 7.89. The first-order valence-electron chi connectivity index (χ1n) is 7.12. The maximum Gasteiger partial charge on any atom is 0.212 e. The molecule has 0 aromatic rings. The highest BCUT2D eigenvalue weighted by atomic mass is 32.2. The van der Waals surface area contributed by atoms with E-state index in [-0.39, 0.29) is 11.2 Å². The van der Waals surface area contributed by atoms with E-state index in [4.69, 9.17) is 0 Å². The minimum absolute atomic E-state index is 0.102. The van der Waals surface area contributed by atoms with Gasteiger partial charge in [-0.3, -0.25) is 0 Å². The highest BCUT2D eigenvalue weighted by Gasteiger charge is 2.29. The van der Waals surface area contributed by atoms with Crippen LogP contribution in [0.1, 0.15) is 33.6 Å². The minimum atomic E-state index is -3.15. The van der Waals surface area contributed by atoms with Crippen LogP contribution < -0.4 is 10.0 Å². The molecule has 0 aromatic carbocycles. The molecule has 5 nitrogen and oxygen atoms in total. The van der Waals surface area contributed by atoms with Gasteiger partial charge in [0.15, 0.2) is 0 Å². The molecule has 0 spiro atoms. The van der Waals surface area contributed by atoms with Crippen molar-refractivity contribution < 1.29 is 8.42 Å². The van der Waals surface area contributed by atoms with Crippen LogP contribution in [-0.2, 0) is 10.0 Å². The summed E-state index contributed by atoms with van der Waals surface area (Å²) in [4.78, 5) is 2.29. The van der Waals surface area contributed by atoms with Gasteiger partial charge in [-0.05, 0) is 38.4 Å². The monoisotopic (exact) mass is 291 g/mol. The van der Waals surface area contributed by atoms with Crippen LogP contribution in [-0.4, -0.2) is 58.3 Å².